The Morgan fingerprint density at radius 1 is 1.56 bits per heavy atom. The van der Waals surface area contributed by atoms with Crippen LogP contribution < -0.4 is 10.9 Å². The molecular weight excluding hydrogens is 208 g/mol. The van der Waals surface area contributed by atoms with Crippen LogP contribution in [-0.2, 0) is 11.3 Å². The van der Waals surface area contributed by atoms with Crippen LogP contribution in [0.2, 0.25) is 0 Å². The molecule has 0 aliphatic heterocycles. The molecule has 0 saturated carbocycles. The third-order valence-corrected chi connectivity index (χ3v) is 2.18. The topological polar surface area (TPSA) is 71.3 Å². The van der Waals surface area contributed by atoms with E-state index in [1.54, 1.807) is 25.3 Å². The minimum Gasteiger partial charge on any atom is -0.396 e. The second kappa shape index (κ2) is 6.07. The van der Waals surface area contributed by atoms with E-state index in [2.05, 4.69) is 5.32 Å². The van der Waals surface area contributed by atoms with Crippen molar-refractivity contribution in [3.63, 3.8) is 0 Å². The van der Waals surface area contributed by atoms with Gasteiger partial charge in [0.05, 0.1) is 0 Å². The minimum absolute atomic E-state index is 0.0198. The van der Waals surface area contributed by atoms with Crippen LogP contribution in [0.3, 0.4) is 0 Å². The third kappa shape index (κ3) is 3.51. The van der Waals surface area contributed by atoms with Gasteiger partial charge >= 0.3 is 0 Å². The molecule has 1 aromatic rings. The summed E-state index contributed by atoms with van der Waals surface area (Å²) in [6, 6.07) is 3.44. The number of pyridine rings is 1. The molecule has 0 aromatic carbocycles. The second-order valence-electron chi connectivity index (χ2n) is 3.55. The van der Waals surface area contributed by atoms with Crippen molar-refractivity contribution in [3.8, 4) is 0 Å². The molecule has 0 bridgehead atoms. The van der Waals surface area contributed by atoms with E-state index in [1.165, 1.54) is 4.57 Å². The monoisotopic (exact) mass is 224 g/mol. The lowest BCUT2D eigenvalue weighted by molar-refractivity contribution is -0.121. The Hall–Kier alpha value is -1.62. The molecule has 0 spiro atoms. The Balaban J connectivity index is 2.56. The van der Waals surface area contributed by atoms with Gasteiger partial charge in [0, 0.05) is 24.9 Å². The highest BCUT2D eigenvalue weighted by Gasteiger charge is 2.04. The smallest absolute Gasteiger partial charge is 0.253 e. The van der Waals surface area contributed by atoms with Crippen LogP contribution in [-0.4, -0.2) is 28.7 Å². The normalized spacial score (nSPS) is 10.1. The van der Waals surface area contributed by atoms with Gasteiger partial charge in [0.25, 0.3) is 5.56 Å². The van der Waals surface area contributed by atoms with Crippen molar-refractivity contribution in [1.29, 1.82) is 0 Å². The van der Waals surface area contributed by atoms with Crippen LogP contribution in [0.15, 0.2) is 23.1 Å². The van der Waals surface area contributed by atoms with Crippen molar-refractivity contribution in [1.82, 2.24) is 9.88 Å². The van der Waals surface area contributed by atoms with Crippen molar-refractivity contribution in [2.45, 2.75) is 19.9 Å². The molecular formula is C11H16N2O3. The van der Waals surface area contributed by atoms with E-state index in [9.17, 15) is 9.59 Å². The summed E-state index contributed by atoms with van der Waals surface area (Å²) in [4.78, 5) is 23.0. The van der Waals surface area contributed by atoms with E-state index in [4.69, 9.17) is 5.11 Å². The summed E-state index contributed by atoms with van der Waals surface area (Å²) in [5.74, 6) is -0.221. The molecule has 1 amide bonds. The second-order valence-corrected chi connectivity index (χ2v) is 3.55. The van der Waals surface area contributed by atoms with E-state index >= 15 is 0 Å². The van der Waals surface area contributed by atoms with Crippen LogP contribution in [0.5, 0.6) is 0 Å². The fourth-order valence-corrected chi connectivity index (χ4v) is 1.30. The molecule has 1 rings (SSSR count). The average Bonchev–Trinajstić information content (AvgIpc) is 2.25. The number of hydrogen-bond acceptors (Lipinski definition) is 3. The average molecular weight is 224 g/mol. The molecule has 0 aliphatic rings. The van der Waals surface area contributed by atoms with Crippen molar-refractivity contribution in [3.05, 3.63) is 34.2 Å². The first kappa shape index (κ1) is 12.4. The molecule has 5 heteroatoms. The van der Waals surface area contributed by atoms with Gasteiger partial charge in [0.2, 0.25) is 5.91 Å². The van der Waals surface area contributed by atoms with Gasteiger partial charge in [0.1, 0.15) is 6.54 Å². The lowest BCUT2D eigenvalue weighted by Crippen LogP contribution is -2.33. The maximum absolute atomic E-state index is 11.6. The minimum atomic E-state index is -0.221. The summed E-state index contributed by atoms with van der Waals surface area (Å²) in [5.41, 5.74) is 0.463. The summed E-state index contributed by atoms with van der Waals surface area (Å²) in [6.07, 6.45) is 2.11. The number of aliphatic hydroxyl groups is 1. The predicted octanol–water partition coefficient (Wildman–Crippen LogP) is -0.345. The van der Waals surface area contributed by atoms with Gasteiger partial charge in [-0.25, -0.2) is 0 Å². The highest BCUT2D eigenvalue weighted by Crippen LogP contribution is 1.89. The summed E-state index contributed by atoms with van der Waals surface area (Å²) in [6.45, 7) is 2.20. The fraction of sp³-hybridized carbons (Fsp3) is 0.455. The van der Waals surface area contributed by atoms with E-state index in [0.717, 1.165) is 0 Å². The van der Waals surface area contributed by atoms with Gasteiger partial charge in [-0.05, 0) is 19.4 Å². The molecule has 0 fully saturated rings. The lowest BCUT2D eigenvalue weighted by atomic mass is 10.3. The molecule has 16 heavy (non-hydrogen) atoms. The van der Waals surface area contributed by atoms with Gasteiger partial charge in [-0.15, -0.1) is 0 Å². The van der Waals surface area contributed by atoms with Gasteiger partial charge in [-0.1, -0.05) is 6.07 Å². The van der Waals surface area contributed by atoms with Gasteiger partial charge in [-0.2, -0.15) is 0 Å². The zero-order valence-electron chi connectivity index (χ0n) is 9.27. The Kier molecular flexibility index (Phi) is 4.72. The summed E-state index contributed by atoms with van der Waals surface area (Å²) < 4.78 is 1.36. The van der Waals surface area contributed by atoms with Crippen molar-refractivity contribution >= 4 is 5.91 Å². The van der Waals surface area contributed by atoms with Crippen LogP contribution in [0.1, 0.15) is 12.0 Å². The molecule has 2 N–H and O–H groups in total. The predicted molar refractivity (Wildman–Crippen MR) is 60.2 cm³/mol. The molecule has 1 aromatic heterocycles. The van der Waals surface area contributed by atoms with E-state index in [0.29, 0.717) is 18.5 Å². The molecule has 0 saturated heterocycles. The molecule has 88 valence electrons. The van der Waals surface area contributed by atoms with E-state index in [1.807, 2.05) is 0 Å². The molecule has 0 radical (unpaired) electrons. The number of carbonyl (C=O) groups is 1. The number of hydrogen-bond donors (Lipinski definition) is 2. The lowest BCUT2D eigenvalue weighted by Gasteiger charge is -2.07. The number of amides is 1. The number of aryl methyl sites for hydroxylation is 1. The summed E-state index contributed by atoms with van der Waals surface area (Å²) in [5, 5.41) is 11.2. The zero-order valence-corrected chi connectivity index (χ0v) is 9.27. The number of carbonyl (C=O) groups excluding carboxylic acids is 1. The SMILES string of the molecule is Cc1cccn(CC(=O)NCCCO)c1=O. The van der Waals surface area contributed by atoms with Gasteiger partial charge in [0.15, 0.2) is 0 Å². The molecule has 5 nitrogen and oxygen atoms in total. The van der Waals surface area contributed by atoms with Crippen molar-refractivity contribution in [2.75, 3.05) is 13.2 Å². The number of nitrogens with one attached hydrogen (secondary N) is 1. The number of nitrogens with zero attached hydrogens (tertiary/aromatic N) is 1. The highest BCUT2D eigenvalue weighted by molar-refractivity contribution is 5.75. The Morgan fingerprint density at radius 2 is 2.31 bits per heavy atom. The van der Waals surface area contributed by atoms with Gasteiger partial charge in [-0.3, -0.25) is 9.59 Å². The largest absolute Gasteiger partial charge is 0.396 e. The third-order valence-electron chi connectivity index (χ3n) is 2.18. The first-order valence-corrected chi connectivity index (χ1v) is 5.18. The zero-order chi connectivity index (χ0) is 12.0. The van der Waals surface area contributed by atoms with Crippen LogP contribution in [0.25, 0.3) is 0 Å². The molecule has 0 aliphatic carbocycles. The van der Waals surface area contributed by atoms with E-state index in [-0.39, 0.29) is 24.6 Å². The number of rotatable bonds is 5. The maximum atomic E-state index is 11.6. The number of aliphatic hydroxyl groups excluding tert-OH is 1. The quantitative estimate of drug-likeness (QED) is 0.672. The standard InChI is InChI=1S/C11H16N2O3/c1-9-4-2-6-13(11(9)16)8-10(15)12-5-3-7-14/h2,4,6,14H,3,5,7-8H2,1H3,(H,12,15). The van der Waals surface area contributed by atoms with Crippen LogP contribution in [0, 0.1) is 6.92 Å². The van der Waals surface area contributed by atoms with E-state index < -0.39 is 0 Å². The summed E-state index contributed by atoms with van der Waals surface area (Å²) in [7, 11) is 0. The molecule has 0 atom stereocenters. The van der Waals surface area contributed by atoms with Crippen molar-refractivity contribution < 1.29 is 9.90 Å². The fourth-order valence-electron chi connectivity index (χ4n) is 1.30. The Bertz CT molecular complexity index is 412. The first-order valence-electron chi connectivity index (χ1n) is 5.18. The molecule has 1 heterocycles. The Labute approximate surface area is 93.7 Å². The Morgan fingerprint density at radius 3 is 3.00 bits per heavy atom. The van der Waals surface area contributed by atoms with Crippen LogP contribution in [0.4, 0.5) is 0 Å². The number of aromatic nitrogens is 1. The van der Waals surface area contributed by atoms with Crippen molar-refractivity contribution in [2.24, 2.45) is 0 Å². The molecule has 0 unspecified atom stereocenters. The van der Waals surface area contributed by atoms with Gasteiger partial charge < -0.3 is 15.0 Å². The highest BCUT2D eigenvalue weighted by atomic mass is 16.3. The maximum Gasteiger partial charge on any atom is 0.253 e. The van der Waals surface area contributed by atoms with Crippen LogP contribution >= 0.6 is 0 Å². The summed E-state index contributed by atoms with van der Waals surface area (Å²) >= 11 is 0. The first-order chi connectivity index (χ1) is 7.65.